The zero-order chi connectivity index (χ0) is 25.9. The van der Waals surface area contributed by atoms with Crippen LogP contribution in [0.25, 0.3) is 11.5 Å². The maximum atomic E-state index is 13.7. The second-order valence-corrected chi connectivity index (χ2v) is 7.83. The lowest BCUT2D eigenvalue weighted by Gasteiger charge is -2.16. The number of nitrogens with one attached hydrogen (secondary N) is 2. The smallest absolute Gasteiger partial charge is 0.418 e. The fourth-order valence-corrected chi connectivity index (χ4v) is 3.41. The van der Waals surface area contributed by atoms with Gasteiger partial charge in [-0.25, -0.2) is 9.37 Å². The number of hydrogen-bond donors (Lipinski definition) is 2. The zero-order valence-electron chi connectivity index (χ0n) is 18.8. The third-order valence-electron chi connectivity index (χ3n) is 5.20. The largest absolute Gasteiger partial charge is 0.441 e. The van der Waals surface area contributed by atoms with E-state index < -0.39 is 35.1 Å². The average Bonchev–Trinajstić information content (AvgIpc) is 3.20. The highest BCUT2D eigenvalue weighted by Gasteiger charge is 2.34. The van der Waals surface area contributed by atoms with Gasteiger partial charge in [0.25, 0.3) is 5.91 Å². The minimum atomic E-state index is -4.82. The molecule has 2 N–H and O–H groups in total. The quantitative estimate of drug-likeness (QED) is 0.309. The maximum absolute atomic E-state index is 13.7. The summed E-state index contributed by atoms with van der Waals surface area (Å²) in [5, 5.41) is 4.61. The molecule has 36 heavy (non-hydrogen) atoms. The van der Waals surface area contributed by atoms with Crippen molar-refractivity contribution in [3.05, 3.63) is 101 Å². The minimum Gasteiger partial charge on any atom is -0.441 e. The normalized spacial score (nSPS) is 11.2. The Morgan fingerprint density at radius 1 is 0.944 bits per heavy atom. The lowest BCUT2D eigenvalue weighted by atomic mass is 10.1. The van der Waals surface area contributed by atoms with Crippen molar-refractivity contribution in [2.75, 3.05) is 10.6 Å². The highest BCUT2D eigenvalue weighted by atomic mass is 19.4. The van der Waals surface area contributed by atoms with Gasteiger partial charge in [-0.15, -0.1) is 0 Å². The molecular weight excluding hydrogens is 478 g/mol. The highest BCUT2D eigenvalue weighted by molar-refractivity contribution is 6.04. The third kappa shape index (κ3) is 5.77. The number of oxazole rings is 1. The molecule has 0 aliphatic carbocycles. The summed E-state index contributed by atoms with van der Waals surface area (Å²) in [6.45, 7) is 1.61. The van der Waals surface area contributed by atoms with Crippen LogP contribution in [0.15, 0.2) is 77.2 Å². The lowest BCUT2D eigenvalue weighted by molar-refractivity contribution is -0.136. The molecule has 4 aromatic rings. The molecule has 0 saturated heterocycles. The van der Waals surface area contributed by atoms with Crippen LogP contribution in [0.4, 0.5) is 28.9 Å². The number of aromatic nitrogens is 1. The number of nitrogens with zero attached hydrogens (tertiary/aromatic N) is 1. The molecule has 0 atom stereocenters. The number of carbonyl (C=O) groups excluding carboxylic acids is 2. The second kappa shape index (κ2) is 10.0. The molecule has 0 radical (unpaired) electrons. The van der Waals surface area contributed by atoms with Crippen LogP contribution in [0.1, 0.15) is 27.4 Å². The first kappa shape index (κ1) is 24.6. The first-order valence-electron chi connectivity index (χ1n) is 10.7. The molecule has 4 rings (SSSR count). The molecule has 0 bridgehead atoms. The Morgan fingerprint density at radius 2 is 1.64 bits per heavy atom. The summed E-state index contributed by atoms with van der Waals surface area (Å²) in [7, 11) is 0. The van der Waals surface area contributed by atoms with Crippen LogP contribution in [0.2, 0.25) is 0 Å². The summed E-state index contributed by atoms with van der Waals surface area (Å²) in [6, 6.07) is 16.5. The summed E-state index contributed by atoms with van der Waals surface area (Å²) >= 11 is 0. The van der Waals surface area contributed by atoms with E-state index in [0.717, 1.165) is 18.2 Å². The number of benzene rings is 3. The number of alkyl halides is 3. The van der Waals surface area contributed by atoms with Gasteiger partial charge in [0.2, 0.25) is 11.8 Å². The molecule has 10 heteroatoms. The standard InChI is InChI=1S/C26H19F4N3O3/c1-15-22(33-25(36-15)17-5-3-2-4-6-17)14-23(34)32-21-12-11-19(13-20(21)26(28,29)30)31-24(35)16-7-9-18(27)10-8-16/h2-13H,14H2,1H3,(H,31,35)(H,32,34). The molecule has 184 valence electrons. The summed E-state index contributed by atoms with van der Waals surface area (Å²) in [5.41, 5.74) is -0.700. The molecule has 0 spiro atoms. The minimum absolute atomic E-state index is 0.0696. The maximum Gasteiger partial charge on any atom is 0.418 e. The second-order valence-electron chi connectivity index (χ2n) is 7.83. The molecule has 0 fully saturated rings. The van der Waals surface area contributed by atoms with Crippen LogP contribution >= 0.6 is 0 Å². The Kier molecular flexibility index (Phi) is 6.86. The van der Waals surface area contributed by atoms with Gasteiger partial charge in [0.1, 0.15) is 11.6 Å². The van der Waals surface area contributed by atoms with Crippen molar-refractivity contribution in [2.24, 2.45) is 0 Å². The van der Waals surface area contributed by atoms with Gasteiger partial charge in [-0.3, -0.25) is 9.59 Å². The lowest BCUT2D eigenvalue weighted by Crippen LogP contribution is -2.19. The van der Waals surface area contributed by atoms with Gasteiger partial charge < -0.3 is 15.1 Å². The van der Waals surface area contributed by atoms with Crippen molar-refractivity contribution in [3.63, 3.8) is 0 Å². The predicted octanol–water partition coefficient (Wildman–Crippen LogP) is 6.24. The van der Waals surface area contributed by atoms with Crippen molar-refractivity contribution in [3.8, 4) is 11.5 Å². The Bertz CT molecular complexity index is 1400. The van der Waals surface area contributed by atoms with Gasteiger partial charge in [-0.05, 0) is 61.5 Å². The van der Waals surface area contributed by atoms with Crippen LogP contribution in [0.3, 0.4) is 0 Å². The van der Waals surface area contributed by atoms with Gasteiger partial charge in [-0.2, -0.15) is 13.2 Å². The van der Waals surface area contributed by atoms with E-state index in [1.54, 1.807) is 31.2 Å². The first-order chi connectivity index (χ1) is 17.1. The van der Waals surface area contributed by atoms with E-state index in [1.165, 1.54) is 18.2 Å². The zero-order valence-corrected chi connectivity index (χ0v) is 18.8. The molecule has 2 amide bonds. The van der Waals surface area contributed by atoms with E-state index in [0.29, 0.717) is 29.0 Å². The van der Waals surface area contributed by atoms with Crippen LogP contribution in [-0.4, -0.2) is 16.8 Å². The van der Waals surface area contributed by atoms with Crippen molar-refractivity contribution in [2.45, 2.75) is 19.5 Å². The fourth-order valence-electron chi connectivity index (χ4n) is 3.41. The number of halogens is 4. The van der Waals surface area contributed by atoms with Crippen molar-refractivity contribution in [1.29, 1.82) is 0 Å². The number of hydrogen-bond acceptors (Lipinski definition) is 4. The van der Waals surface area contributed by atoms with Crippen molar-refractivity contribution >= 4 is 23.2 Å². The molecule has 0 aliphatic rings. The summed E-state index contributed by atoms with van der Waals surface area (Å²) < 4.78 is 59.8. The molecule has 0 saturated carbocycles. The molecule has 6 nitrogen and oxygen atoms in total. The van der Waals surface area contributed by atoms with E-state index in [9.17, 15) is 27.2 Å². The average molecular weight is 497 g/mol. The van der Waals surface area contributed by atoms with Crippen molar-refractivity contribution in [1.82, 2.24) is 4.98 Å². The molecule has 3 aromatic carbocycles. The fraction of sp³-hybridized carbons (Fsp3) is 0.115. The van der Waals surface area contributed by atoms with Crippen LogP contribution in [0.5, 0.6) is 0 Å². The summed E-state index contributed by atoms with van der Waals surface area (Å²) in [6.07, 6.45) is -5.12. The molecular formula is C26H19F4N3O3. The number of aryl methyl sites for hydroxylation is 1. The number of anilines is 2. The van der Waals surface area contributed by atoms with Crippen LogP contribution < -0.4 is 10.6 Å². The summed E-state index contributed by atoms with van der Waals surface area (Å²) in [5.74, 6) is -1.31. The third-order valence-corrected chi connectivity index (χ3v) is 5.20. The molecule has 0 aliphatic heterocycles. The Balaban J connectivity index is 1.50. The molecule has 1 heterocycles. The first-order valence-corrected chi connectivity index (χ1v) is 10.7. The van der Waals surface area contributed by atoms with E-state index in [1.807, 2.05) is 6.07 Å². The predicted molar refractivity (Wildman–Crippen MR) is 125 cm³/mol. The number of carbonyl (C=O) groups is 2. The van der Waals surface area contributed by atoms with E-state index in [4.69, 9.17) is 4.42 Å². The van der Waals surface area contributed by atoms with Gasteiger partial charge in [-0.1, -0.05) is 18.2 Å². The van der Waals surface area contributed by atoms with Gasteiger partial charge in [0.05, 0.1) is 23.4 Å². The number of rotatable bonds is 6. The topological polar surface area (TPSA) is 84.2 Å². The van der Waals surface area contributed by atoms with Crippen molar-refractivity contribution < 1.29 is 31.6 Å². The Morgan fingerprint density at radius 3 is 2.31 bits per heavy atom. The van der Waals surface area contributed by atoms with E-state index >= 15 is 0 Å². The van der Waals surface area contributed by atoms with Gasteiger partial charge >= 0.3 is 6.18 Å². The number of amides is 2. The highest BCUT2D eigenvalue weighted by Crippen LogP contribution is 2.37. The SMILES string of the molecule is Cc1oc(-c2ccccc2)nc1CC(=O)Nc1ccc(NC(=O)c2ccc(F)cc2)cc1C(F)(F)F. The monoisotopic (exact) mass is 497 g/mol. The summed E-state index contributed by atoms with van der Waals surface area (Å²) in [4.78, 5) is 29.2. The molecule has 1 aromatic heterocycles. The van der Waals surface area contributed by atoms with Crippen LogP contribution in [0, 0.1) is 12.7 Å². The van der Waals surface area contributed by atoms with Crippen LogP contribution in [-0.2, 0) is 17.4 Å². The molecule has 0 unspecified atom stereocenters. The van der Waals surface area contributed by atoms with Gasteiger partial charge in [0.15, 0.2) is 0 Å². The van der Waals surface area contributed by atoms with E-state index in [-0.39, 0.29) is 17.7 Å². The van der Waals surface area contributed by atoms with E-state index in [2.05, 4.69) is 15.6 Å². The Hall–Kier alpha value is -4.47. The Labute approximate surface area is 203 Å². The van der Waals surface area contributed by atoms with Gasteiger partial charge in [0, 0.05) is 16.8 Å².